The monoisotopic (exact) mass is 283 g/mol. The van der Waals surface area contributed by atoms with Gasteiger partial charge in [-0.25, -0.2) is 4.90 Å². The average molecular weight is 283 g/mol. The van der Waals surface area contributed by atoms with Gasteiger partial charge in [0, 0.05) is 0 Å². The zero-order chi connectivity index (χ0) is 14.8. The number of hydrogen-bond donors (Lipinski definition) is 0. The van der Waals surface area contributed by atoms with Crippen molar-refractivity contribution in [2.45, 2.75) is 13.3 Å². The molecular formula is C17H17NO3. The fourth-order valence-electron chi connectivity index (χ4n) is 4.28. The summed E-state index contributed by atoms with van der Waals surface area (Å²) in [6, 6.07) is 7.10. The number of benzene rings is 1. The second kappa shape index (κ2) is 3.97. The van der Waals surface area contributed by atoms with E-state index in [0.29, 0.717) is 11.4 Å². The first-order valence-electron chi connectivity index (χ1n) is 7.28. The Balaban J connectivity index is 1.75. The Labute approximate surface area is 123 Å². The molecule has 4 atom stereocenters. The molecule has 21 heavy (non-hydrogen) atoms. The summed E-state index contributed by atoms with van der Waals surface area (Å²) in [7, 11) is 1.59. The molecule has 1 aromatic rings. The van der Waals surface area contributed by atoms with Crippen LogP contribution in [0.5, 0.6) is 5.75 Å². The van der Waals surface area contributed by atoms with Gasteiger partial charge >= 0.3 is 0 Å². The lowest BCUT2D eigenvalue weighted by Gasteiger charge is -2.28. The summed E-state index contributed by atoms with van der Waals surface area (Å²) in [4.78, 5) is 27.1. The molecule has 2 bridgehead atoms. The van der Waals surface area contributed by atoms with Crippen LogP contribution in [0.15, 0.2) is 36.4 Å². The van der Waals surface area contributed by atoms with Gasteiger partial charge in [0.1, 0.15) is 5.75 Å². The number of amides is 2. The lowest BCUT2D eigenvalue weighted by Crippen LogP contribution is -2.37. The minimum Gasteiger partial charge on any atom is -0.497 e. The van der Waals surface area contributed by atoms with Crippen molar-refractivity contribution in [3.05, 3.63) is 36.4 Å². The lowest BCUT2D eigenvalue weighted by molar-refractivity contribution is -0.127. The van der Waals surface area contributed by atoms with E-state index in [1.807, 2.05) is 6.92 Å². The zero-order valence-electron chi connectivity index (χ0n) is 12.1. The Hall–Kier alpha value is -2.10. The standard InChI is InChI=1S/C17H17NO3/c1-17-11-4-3-10(9-11)14(17)15(19)18(16(17)20)12-5-7-13(21-2)8-6-12/h3-8,10-11,14H,9H2,1-2H3/t10-,11-,14+,17-/m0/s1. The quantitative estimate of drug-likeness (QED) is 0.618. The third-order valence-electron chi connectivity index (χ3n) is 5.44. The second-order valence-corrected chi connectivity index (χ2v) is 6.33. The SMILES string of the molecule is COc1ccc(N2C(=O)[C@H]3[C@H]4C=C[C@@H](C4)[C@]3(C)C2=O)cc1. The van der Waals surface area contributed by atoms with E-state index in [-0.39, 0.29) is 29.6 Å². The van der Waals surface area contributed by atoms with E-state index in [4.69, 9.17) is 4.74 Å². The van der Waals surface area contributed by atoms with Crippen molar-refractivity contribution in [2.75, 3.05) is 12.0 Å². The molecule has 1 heterocycles. The van der Waals surface area contributed by atoms with Crippen molar-refractivity contribution in [3.63, 3.8) is 0 Å². The Morgan fingerprint density at radius 3 is 2.52 bits per heavy atom. The van der Waals surface area contributed by atoms with Crippen molar-refractivity contribution in [1.82, 2.24) is 0 Å². The van der Waals surface area contributed by atoms with Crippen LogP contribution in [-0.4, -0.2) is 18.9 Å². The number of fused-ring (bicyclic) bond motifs is 5. The van der Waals surface area contributed by atoms with Gasteiger partial charge in [-0.1, -0.05) is 12.2 Å². The van der Waals surface area contributed by atoms with Crippen LogP contribution in [0.25, 0.3) is 0 Å². The molecular weight excluding hydrogens is 266 g/mol. The third kappa shape index (κ3) is 1.40. The molecule has 0 spiro atoms. The fourth-order valence-corrected chi connectivity index (χ4v) is 4.28. The van der Waals surface area contributed by atoms with Crippen LogP contribution in [0, 0.1) is 23.2 Å². The highest BCUT2D eigenvalue weighted by molar-refractivity contribution is 6.24. The van der Waals surface area contributed by atoms with E-state index < -0.39 is 5.41 Å². The minimum atomic E-state index is -0.559. The molecule has 1 saturated heterocycles. The second-order valence-electron chi connectivity index (χ2n) is 6.33. The highest BCUT2D eigenvalue weighted by Crippen LogP contribution is 2.60. The van der Waals surface area contributed by atoms with Crippen molar-refractivity contribution < 1.29 is 14.3 Å². The Kier molecular flexibility index (Phi) is 2.39. The van der Waals surface area contributed by atoms with Crippen LogP contribution in [0.1, 0.15) is 13.3 Å². The average Bonchev–Trinajstić information content (AvgIpc) is 3.12. The van der Waals surface area contributed by atoms with Crippen LogP contribution in [-0.2, 0) is 9.59 Å². The van der Waals surface area contributed by atoms with Gasteiger partial charge in [0.2, 0.25) is 11.8 Å². The van der Waals surface area contributed by atoms with E-state index in [0.717, 1.165) is 6.42 Å². The molecule has 4 nitrogen and oxygen atoms in total. The smallest absolute Gasteiger partial charge is 0.241 e. The van der Waals surface area contributed by atoms with Gasteiger partial charge in [0.05, 0.1) is 24.1 Å². The summed E-state index contributed by atoms with van der Waals surface area (Å²) in [5, 5.41) is 0. The Morgan fingerprint density at radius 2 is 1.90 bits per heavy atom. The molecule has 3 aliphatic rings. The number of carbonyl (C=O) groups excluding carboxylic acids is 2. The van der Waals surface area contributed by atoms with Gasteiger partial charge < -0.3 is 4.74 Å². The van der Waals surface area contributed by atoms with Gasteiger partial charge in [0.15, 0.2) is 0 Å². The van der Waals surface area contributed by atoms with Crippen molar-refractivity contribution >= 4 is 17.5 Å². The summed E-state index contributed by atoms with van der Waals surface area (Å²) in [5.74, 6) is 0.837. The summed E-state index contributed by atoms with van der Waals surface area (Å²) >= 11 is 0. The van der Waals surface area contributed by atoms with Crippen LogP contribution in [0.3, 0.4) is 0 Å². The summed E-state index contributed by atoms with van der Waals surface area (Å²) in [5.41, 5.74) is 0.0806. The molecule has 2 amide bonds. The normalized spacial score (nSPS) is 36.5. The van der Waals surface area contributed by atoms with Crippen LogP contribution < -0.4 is 9.64 Å². The van der Waals surface area contributed by atoms with E-state index >= 15 is 0 Å². The molecule has 0 aromatic heterocycles. The summed E-state index contributed by atoms with van der Waals surface area (Å²) < 4.78 is 5.13. The minimum absolute atomic E-state index is 0.0514. The molecule has 0 unspecified atom stereocenters. The number of anilines is 1. The van der Waals surface area contributed by atoms with Gasteiger partial charge in [-0.3, -0.25) is 9.59 Å². The number of imide groups is 1. The number of rotatable bonds is 2. The van der Waals surface area contributed by atoms with Crippen LogP contribution in [0.4, 0.5) is 5.69 Å². The number of methoxy groups -OCH3 is 1. The maximum atomic E-state index is 12.9. The van der Waals surface area contributed by atoms with Gasteiger partial charge in [-0.2, -0.15) is 0 Å². The first-order chi connectivity index (χ1) is 10.1. The molecule has 1 saturated carbocycles. The Morgan fingerprint density at radius 1 is 1.19 bits per heavy atom. The predicted molar refractivity (Wildman–Crippen MR) is 77.8 cm³/mol. The van der Waals surface area contributed by atoms with E-state index in [1.165, 1.54) is 4.90 Å². The molecule has 4 rings (SSSR count). The maximum absolute atomic E-state index is 12.9. The van der Waals surface area contributed by atoms with Crippen LogP contribution >= 0.6 is 0 Å². The molecule has 2 fully saturated rings. The summed E-state index contributed by atoms with van der Waals surface area (Å²) in [6.07, 6.45) is 5.17. The van der Waals surface area contributed by atoms with E-state index in [9.17, 15) is 9.59 Å². The summed E-state index contributed by atoms with van der Waals surface area (Å²) in [6.45, 7) is 1.95. The van der Waals surface area contributed by atoms with Crippen molar-refractivity contribution in [1.29, 1.82) is 0 Å². The molecule has 108 valence electrons. The van der Waals surface area contributed by atoms with Gasteiger partial charge in [0.25, 0.3) is 0 Å². The molecule has 0 N–H and O–H groups in total. The number of nitrogens with zero attached hydrogens (tertiary/aromatic N) is 1. The molecule has 1 aromatic carbocycles. The topological polar surface area (TPSA) is 46.6 Å². The molecule has 4 heteroatoms. The zero-order valence-corrected chi connectivity index (χ0v) is 12.1. The lowest BCUT2D eigenvalue weighted by atomic mass is 9.71. The Bertz CT molecular complexity index is 663. The first-order valence-corrected chi connectivity index (χ1v) is 7.28. The number of carbonyl (C=O) groups is 2. The van der Waals surface area contributed by atoms with Gasteiger partial charge in [-0.15, -0.1) is 0 Å². The third-order valence-corrected chi connectivity index (χ3v) is 5.44. The largest absolute Gasteiger partial charge is 0.497 e. The van der Waals surface area contributed by atoms with Crippen LogP contribution in [0.2, 0.25) is 0 Å². The number of allylic oxidation sites excluding steroid dienone is 2. The first kappa shape index (κ1) is 12.6. The fraction of sp³-hybridized carbons (Fsp3) is 0.412. The van der Waals surface area contributed by atoms with E-state index in [1.54, 1.807) is 31.4 Å². The van der Waals surface area contributed by atoms with E-state index in [2.05, 4.69) is 12.2 Å². The molecule has 0 radical (unpaired) electrons. The maximum Gasteiger partial charge on any atom is 0.241 e. The number of ether oxygens (including phenoxy) is 1. The molecule has 2 aliphatic carbocycles. The van der Waals surface area contributed by atoms with Crippen molar-refractivity contribution in [3.8, 4) is 5.75 Å². The molecule has 1 aliphatic heterocycles. The van der Waals surface area contributed by atoms with Gasteiger partial charge in [-0.05, 0) is 49.4 Å². The highest BCUT2D eigenvalue weighted by atomic mass is 16.5. The number of hydrogen-bond acceptors (Lipinski definition) is 3. The highest BCUT2D eigenvalue weighted by Gasteiger charge is 2.67. The predicted octanol–water partition coefficient (Wildman–Crippen LogP) is 2.40. The van der Waals surface area contributed by atoms with Crippen molar-refractivity contribution in [2.24, 2.45) is 23.2 Å².